The summed E-state index contributed by atoms with van der Waals surface area (Å²) in [6.45, 7) is 0.995. The van der Waals surface area contributed by atoms with Crippen molar-refractivity contribution in [2.75, 3.05) is 0 Å². The largest absolute Gasteiger partial charge is 0.489 e. The zero-order chi connectivity index (χ0) is 21.2. The van der Waals surface area contributed by atoms with E-state index in [0.29, 0.717) is 22.8 Å². The van der Waals surface area contributed by atoms with Crippen LogP contribution in [0.5, 0.6) is 5.75 Å². The van der Waals surface area contributed by atoms with Gasteiger partial charge < -0.3 is 14.6 Å². The minimum absolute atomic E-state index is 0.0919. The van der Waals surface area contributed by atoms with Gasteiger partial charge in [-0.25, -0.2) is 4.39 Å². The number of amides is 1. The summed E-state index contributed by atoms with van der Waals surface area (Å²) in [6.07, 6.45) is 4.97. The van der Waals surface area contributed by atoms with Crippen molar-refractivity contribution in [3.05, 3.63) is 77.1 Å². The van der Waals surface area contributed by atoms with Crippen LogP contribution >= 0.6 is 0 Å². The quantitative estimate of drug-likeness (QED) is 0.654. The molecule has 0 saturated heterocycles. The Morgan fingerprint density at radius 3 is 2.65 bits per heavy atom. The molecule has 1 saturated carbocycles. The predicted octanol–water partition coefficient (Wildman–Crippen LogP) is 4.01. The first-order chi connectivity index (χ1) is 15.2. The molecule has 1 aliphatic heterocycles. The lowest BCUT2D eigenvalue weighted by molar-refractivity contribution is 0.0933. The summed E-state index contributed by atoms with van der Waals surface area (Å²) in [5.41, 5.74) is 1.08. The summed E-state index contributed by atoms with van der Waals surface area (Å²) in [7, 11) is 0. The summed E-state index contributed by atoms with van der Waals surface area (Å²) in [5, 5.41) is 11.9. The third-order valence-electron chi connectivity index (χ3n) is 6.02. The summed E-state index contributed by atoms with van der Waals surface area (Å²) >= 11 is 0. The number of nitrogens with zero attached hydrogens (tertiary/aromatic N) is 3. The van der Waals surface area contributed by atoms with E-state index in [1.807, 2.05) is 0 Å². The molecule has 2 aliphatic rings. The maximum Gasteiger partial charge on any atom is 0.251 e. The molecule has 7 heteroatoms. The SMILES string of the molecule is O=C(NC1CCc2nnc(C3CC3)n2CC1)c1ccc(OCc2ccccc2F)cc1. The van der Waals surface area contributed by atoms with E-state index in [-0.39, 0.29) is 24.4 Å². The first-order valence-electron chi connectivity index (χ1n) is 10.9. The first-order valence-corrected chi connectivity index (χ1v) is 10.9. The third-order valence-corrected chi connectivity index (χ3v) is 6.02. The van der Waals surface area contributed by atoms with Crippen LogP contribution in [0.1, 0.15) is 59.2 Å². The highest BCUT2D eigenvalue weighted by atomic mass is 19.1. The Morgan fingerprint density at radius 2 is 1.87 bits per heavy atom. The number of hydrogen-bond donors (Lipinski definition) is 1. The van der Waals surface area contributed by atoms with E-state index < -0.39 is 0 Å². The molecule has 31 heavy (non-hydrogen) atoms. The molecule has 2 heterocycles. The van der Waals surface area contributed by atoms with Crippen LogP contribution in [0.3, 0.4) is 0 Å². The molecule has 1 unspecified atom stereocenters. The van der Waals surface area contributed by atoms with Crippen LogP contribution in [0.15, 0.2) is 48.5 Å². The second kappa shape index (κ2) is 8.49. The number of fused-ring (bicyclic) bond motifs is 1. The number of nitrogens with one attached hydrogen (secondary N) is 1. The molecule has 1 amide bonds. The van der Waals surface area contributed by atoms with Crippen molar-refractivity contribution in [1.82, 2.24) is 20.1 Å². The summed E-state index contributed by atoms with van der Waals surface area (Å²) in [4.78, 5) is 12.7. The van der Waals surface area contributed by atoms with Gasteiger partial charge in [0.25, 0.3) is 5.91 Å². The van der Waals surface area contributed by atoms with Gasteiger partial charge in [-0.2, -0.15) is 0 Å². The van der Waals surface area contributed by atoms with Gasteiger partial charge in [-0.1, -0.05) is 18.2 Å². The van der Waals surface area contributed by atoms with Crippen LogP contribution < -0.4 is 10.1 Å². The fourth-order valence-electron chi connectivity index (χ4n) is 4.05. The van der Waals surface area contributed by atoms with Crippen molar-refractivity contribution >= 4 is 5.91 Å². The molecule has 1 aromatic heterocycles. The second-order valence-electron chi connectivity index (χ2n) is 8.30. The van der Waals surface area contributed by atoms with Gasteiger partial charge in [-0.15, -0.1) is 10.2 Å². The fraction of sp³-hybridized carbons (Fsp3) is 0.375. The molecular weight excluding hydrogens is 395 g/mol. The molecule has 0 radical (unpaired) electrons. The molecule has 6 nitrogen and oxygen atoms in total. The van der Waals surface area contributed by atoms with Crippen LogP contribution in [0.2, 0.25) is 0 Å². The fourth-order valence-corrected chi connectivity index (χ4v) is 4.05. The average Bonchev–Trinajstić information content (AvgIpc) is 3.58. The van der Waals surface area contributed by atoms with Gasteiger partial charge in [0, 0.05) is 36.1 Å². The van der Waals surface area contributed by atoms with Crippen molar-refractivity contribution in [3.8, 4) is 5.75 Å². The number of hydrogen-bond acceptors (Lipinski definition) is 4. The highest BCUT2D eigenvalue weighted by molar-refractivity contribution is 5.94. The van der Waals surface area contributed by atoms with E-state index in [0.717, 1.165) is 37.5 Å². The third kappa shape index (κ3) is 4.45. The first kappa shape index (κ1) is 19.7. The molecular formula is C24H25FN4O2. The monoisotopic (exact) mass is 420 g/mol. The van der Waals surface area contributed by atoms with Crippen molar-refractivity contribution < 1.29 is 13.9 Å². The van der Waals surface area contributed by atoms with Gasteiger partial charge in [0.15, 0.2) is 0 Å². The Kier molecular flexibility index (Phi) is 5.40. The van der Waals surface area contributed by atoms with Crippen LogP contribution in [0, 0.1) is 5.82 Å². The number of carbonyl (C=O) groups is 1. The van der Waals surface area contributed by atoms with Gasteiger partial charge >= 0.3 is 0 Å². The van der Waals surface area contributed by atoms with Crippen molar-refractivity contribution in [1.29, 1.82) is 0 Å². The molecule has 0 bridgehead atoms. The van der Waals surface area contributed by atoms with E-state index in [4.69, 9.17) is 4.74 Å². The Morgan fingerprint density at radius 1 is 1.06 bits per heavy atom. The van der Waals surface area contributed by atoms with Crippen LogP contribution in [0.25, 0.3) is 0 Å². The maximum atomic E-state index is 13.7. The molecule has 160 valence electrons. The predicted molar refractivity (Wildman–Crippen MR) is 113 cm³/mol. The minimum atomic E-state index is -0.288. The van der Waals surface area contributed by atoms with Crippen molar-refractivity contribution in [2.24, 2.45) is 0 Å². The smallest absolute Gasteiger partial charge is 0.251 e. The zero-order valence-corrected chi connectivity index (χ0v) is 17.3. The molecule has 5 rings (SSSR count). The summed E-state index contributed by atoms with van der Waals surface area (Å²) in [6, 6.07) is 13.6. The highest BCUT2D eigenvalue weighted by Crippen LogP contribution is 2.39. The Bertz CT molecular complexity index is 1080. The van der Waals surface area contributed by atoms with Gasteiger partial charge in [0.05, 0.1) is 0 Å². The van der Waals surface area contributed by atoms with Crippen LogP contribution in [-0.2, 0) is 19.6 Å². The van der Waals surface area contributed by atoms with Gasteiger partial charge in [-0.3, -0.25) is 4.79 Å². The molecule has 3 aromatic rings. The summed E-state index contributed by atoms with van der Waals surface area (Å²) in [5.74, 6) is 2.95. The van der Waals surface area contributed by atoms with E-state index >= 15 is 0 Å². The van der Waals surface area contributed by atoms with E-state index in [2.05, 4.69) is 20.1 Å². The van der Waals surface area contributed by atoms with E-state index in [9.17, 15) is 9.18 Å². The van der Waals surface area contributed by atoms with Gasteiger partial charge in [-0.05, 0) is 56.0 Å². The lowest BCUT2D eigenvalue weighted by atomic mass is 10.1. The highest BCUT2D eigenvalue weighted by Gasteiger charge is 2.31. The molecule has 0 spiro atoms. The number of carbonyl (C=O) groups excluding carboxylic acids is 1. The molecule has 1 fully saturated rings. The average molecular weight is 420 g/mol. The topological polar surface area (TPSA) is 69.0 Å². The van der Waals surface area contributed by atoms with Crippen molar-refractivity contribution in [2.45, 2.75) is 57.2 Å². The number of aromatic nitrogens is 3. The van der Waals surface area contributed by atoms with Gasteiger partial charge in [0.1, 0.15) is 29.8 Å². The lowest BCUT2D eigenvalue weighted by Crippen LogP contribution is -2.35. The molecule has 1 aliphatic carbocycles. The number of ether oxygens (including phenoxy) is 1. The lowest BCUT2D eigenvalue weighted by Gasteiger charge is -2.16. The van der Waals surface area contributed by atoms with E-state index in [1.165, 1.54) is 18.9 Å². The Hall–Kier alpha value is -3.22. The second-order valence-corrected chi connectivity index (χ2v) is 8.30. The van der Waals surface area contributed by atoms with E-state index in [1.54, 1.807) is 42.5 Å². The maximum absolute atomic E-state index is 13.7. The minimum Gasteiger partial charge on any atom is -0.489 e. The summed E-state index contributed by atoms with van der Waals surface area (Å²) < 4.78 is 21.6. The normalized spacial score (nSPS) is 18.2. The molecule has 1 atom stereocenters. The van der Waals surface area contributed by atoms with Crippen LogP contribution in [-0.4, -0.2) is 26.7 Å². The van der Waals surface area contributed by atoms with Gasteiger partial charge in [0.2, 0.25) is 0 Å². The molecule has 2 aromatic carbocycles. The number of halogens is 1. The number of benzene rings is 2. The number of aryl methyl sites for hydroxylation is 1. The van der Waals surface area contributed by atoms with Crippen molar-refractivity contribution in [3.63, 3.8) is 0 Å². The number of rotatable bonds is 6. The Labute approximate surface area is 180 Å². The standard InChI is InChI=1S/C24H25FN4O2/c25-21-4-2-1-3-18(21)15-31-20-10-7-17(8-11-20)24(30)26-19-9-12-22-27-28-23(16-5-6-16)29(22)14-13-19/h1-4,7-8,10-11,16,19H,5-6,9,12-15H2,(H,26,30). The zero-order valence-electron chi connectivity index (χ0n) is 17.3. The Balaban J connectivity index is 1.16. The molecule has 1 N–H and O–H groups in total. The van der Waals surface area contributed by atoms with Crippen LogP contribution in [0.4, 0.5) is 4.39 Å².